The van der Waals surface area contributed by atoms with E-state index in [0.29, 0.717) is 19.0 Å². The molecule has 3 N–H and O–H groups in total. The lowest BCUT2D eigenvalue weighted by Crippen LogP contribution is -2.32. The highest BCUT2D eigenvalue weighted by molar-refractivity contribution is 5.80. The molecule has 21 heavy (non-hydrogen) atoms. The molecule has 0 saturated carbocycles. The second-order valence-electron chi connectivity index (χ2n) is 4.53. The predicted molar refractivity (Wildman–Crippen MR) is 83.6 cm³/mol. The van der Waals surface area contributed by atoms with Gasteiger partial charge in [0.2, 0.25) is 5.91 Å². The van der Waals surface area contributed by atoms with Crippen molar-refractivity contribution in [3.63, 3.8) is 0 Å². The number of rotatable bonds is 10. The second kappa shape index (κ2) is 9.93. The summed E-state index contributed by atoms with van der Waals surface area (Å²) < 4.78 is 4.87. The number of carbonyl (C=O) groups excluding carboxylic acids is 1. The lowest BCUT2D eigenvalue weighted by atomic mass is 10.4. The van der Waals surface area contributed by atoms with Gasteiger partial charge in [-0.1, -0.05) is 13.8 Å². The molecular formula is C14H25N5O2. The van der Waals surface area contributed by atoms with Crippen LogP contribution in [-0.2, 0) is 16.0 Å². The largest absolute Gasteiger partial charge is 0.383 e. The van der Waals surface area contributed by atoms with Crippen molar-refractivity contribution in [2.75, 3.05) is 44.0 Å². The molecule has 1 aromatic rings. The number of anilines is 2. The molecule has 0 spiro atoms. The Morgan fingerprint density at radius 1 is 1.19 bits per heavy atom. The Balaban J connectivity index is 2.54. The van der Waals surface area contributed by atoms with Gasteiger partial charge in [-0.25, -0.2) is 9.97 Å². The summed E-state index contributed by atoms with van der Waals surface area (Å²) in [6.45, 7) is 6.14. The van der Waals surface area contributed by atoms with Crippen molar-refractivity contribution < 1.29 is 9.53 Å². The zero-order valence-electron chi connectivity index (χ0n) is 13.0. The van der Waals surface area contributed by atoms with E-state index in [1.54, 1.807) is 7.11 Å². The zero-order valence-corrected chi connectivity index (χ0v) is 13.0. The minimum Gasteiger partial charge on any atom is -0.383 e. The summed E-state index contributed by atoms with van der Waals surface area (Å²) >= 11 is 0. The summed E-state index contributed by atoms with van der Waals surface area (Å²) in [4.78, 5) is 20.4. The first-order valence-electron chi connectivity index (χ1n) is 7.30. The zero-order chi connectivity index (χ0) is 15.5. The number of nitrogens with one attached hydrogen (secondary N) is 3. The molecule has 0 atom stereocenters. The third-order valence-electron chi connectivity index (χ3n) is 2.70. The molecule has 118 valence electrons. The van der Waals surface area contributed by atoms with Gasteiger partial charge in [0.25, 0.3) is 0 Å². The Hall–Kier alpha value is -1.89. The number of hydrogen-bond donors (Lipinski definition) is 3. The summed E-state index contributed by atoms with van der Waals surface area (Å²) in [5, 5.41) is 9.00. The van der Waals surface area contributed by atoms with Crippen molar-refractivity contribution in [2.45, 2.75) is 26.7 Å². The molecule has 0 unspecified atom stereocenters. The number of methoxy groups -OCH3 is 1. The van der Waals surface area contributed by atoms with Crippen LogP contribution in [-0.4, -0.2) is 49.2 Å². The first-order valence-corrected chi connectivity index (χ1v) is 7.30. The standard InChI is InChI=1S/C14H25N5O2/c1-4-6-15-12-9-13(19-11(5-2)18-12)17-10-14(20)16-7-8-21-3/h9H,4-8,10H2,1-3H3,(H,16,20)(H2,15,17,18,19). The highest BCUT2D eigenvalue weighted by Gasteiger charge is 2.05. The molecule has 0 bridgehead atoms. The first kappa shape index (κ1) is 17.2. The van der Waals surface area contributed by atoms with Crippen molar-refractivity contribution in [1.29, 1.82) is 0 Å². The SMILES string of the molecule is CCCNc1cc(NCC(=O)NCCOC)nc(CC)n1. The van der Waals surface area contributed by atoms with E-state index in [9.17, 15) is 4.79 Å². The van der Waals surface area contributed by atoms with Gasteiger partial charge in [0.1, 0.15) is 17.5 Å². The second-order valence-corrected chi connectivity index (χ2v) is 4.53. The average molecular weight is 295 g/mol. The summed E-state index contributed by atoms with van der Waals surface area (Å²) in [5.41, 5.74) is 0. The van der Waals surface area contributed by atoms with Gasteiger partial charge in [0, 0.05) is 32.7 Å². The summed E-state index contributed by atoms with van der Waals surface area (Å²) in [7, 11) is 1.60. The molecule has 7 nitrogen and oxygen atoms in total. The molecule has 1 amide bonds. The Morgan fingerprint density at radius 2 is 1.90 bits per heavy atom. The van der Waals surface area contributed by atoms with Crippen LogP contribution in [0.4, 0.5) is 11.6 Å². The molecule has 0 fully saturated rings. The van der Waals surface area contributed by atoms with E-state index in [2.05, 4.69) is 32.8 Å². The third kappa shape index (κ3) is 6.89. The van der Waals surface area contributed by atoms with Gasteiger partial charge in [-0.2, -0.15) is 0 Å². The van der Waals surface area contributed by atoms with Crippen LogP contribution >= 0.6 is 0 Å². The topological polar surface area (TPSA) is 88.2 Å². The molecule has 1 aromatic heterocycles. The normalized spacial score (nSPS) is 10.2. The van der Waals surface area contributed by atoms with Gasteiger partial charge in [-0.3, -0.25) is 4.79 Å². The Bertz CT molecular complexity index is 439. The van der Waals surface area contributed by atoms with E-state index in [1.807, 2.05) is 13.0 Å². The number of amides is 1. The van der Waals surface area contributed by atoms with Crippen molar-refractivity contribution in [1.82, 2.24) is 15.3 Å². The molecule has 0 aromatic carbocycles. The van der Waals surface area contributed by atoms with Crippen molar-refractivity contribution in [3.05, 3.63) is 11.9 Å². The monoisotopic (exact) mass is 295 g/mol. The fourth-order valence-electron chi connectivity index (χ4n) is 1.62. The van der Waals surface area contributed by atoms with Crippen molar-refractivity contribution in [3.8, 4) is 0 Å². The smallest absolute Gasteiger partial charge is 0.239 e. The maximum absolute atomic E-state index is 11.6. The van der Waals surface area contributed by atoms with Crippen LogP contribution in [0.3, 0.4) is 0 Å². The fraction of sp³-hybridized carbons (Fsp3) is 0.643. The molecule has 0 saturated heterocycles. The quantitative estimate of drug-likeness (QED) is 0.559. The average Bonchev–Trinajstić information content (AvgIpc) is 2.51. The van der Waals surface area contributed by atoms with Crippen LogP contribution < -0.4 is 16.0 Å². The van der Waals surface area contributed by atoms with Gasteiger partial charge in [-0.15, -0.1) is 0 Å². The number of hydrogen-bond acceptors (Lipinski definition) is 6. The maximum Gasteiger partial charge on any atom is 0.239 e. The molecule has 0 aliphatic heterocycles. The first-order chi connectivity index (χ1) is 10.2. The Morgan fingerprint density at radius 3 is 2.52 bits per heavy atom. The summed E-state index contributed by atoms with van der Waals surface area (Å²) in [5.74, 6) is 2.10. The third-order valence-corrected chi connectivity index (χ3v) is 2.70. The fourth-order valence-corrected chi connectivity index (χ4v) is 1.62. The highest BCUT2D eigenvalue weighted by atomic mass is 16.5. The lowest BCUT2D eigenvalue weighted by Gasteiger charge is -2.10. The van der Waals surface area contributed by atoms with Crippen molar-refractivity contribution >= 4 is 17.5 Å². The Kier molecular flexibility index (Phi) is 8.11. The number of carbonyl (C=O) groups is 1. The van der Waals surface area contributed by atoms with Gasteiger partial charge >= 0.3 is 0 Å². The van der Waals surface area contributed by atoms with Crippen LogP contribution in [0.5, 0.6) is 0 Å². The van der Waals surface area contributed by atoms with Crippen LogP contribution in [0.25, 0.3) is 0 Å². The van der Waals surface area contributed by atoms with Crippen LogP contribution in [0.1, 0.15) is 26.1 Å². The van der Waals surface area contributed by atoms with E-state index in [1.165, 1.54) is 0 Å². The molecule has 0 aliphatic rings. The summed E-state index contributed by atoms with van der Waals surface area (Å²) in [6.07, 6.45) is 1.77. The molecule has 1 rings (SSSR count). The number of aryl methyl sites for hydroxylation is 1. The van der Waals surface area contributed by atoms with E-state index < -0.39 is 0 Å². The number of aromatic nitrogens is 2. The van der Waals surface area contributed by atoms with E-state index >= 15 is 0 Å². The van der Waals surface area contributed by atoms with Gasteiger partial charge in [-0.05, 0) is 6.42 Å². The van der Waals surface area contributed by atoms with Crippen molar-refractivity contribution in [2.24, 2.45) is 0 Å². The van der Waals surface area contributed by atoms with Gasteiger partial charge < -0.3 is 20.7 Å². The highest BCUT2D eigenvalue weighted by Crippen LogP contribution is 2.11. The minimum absolute atomic E-state index is 0.0909. The molecule has 1 heterocycles. The van der Waals surface area contributed by atoms with Crippen LogP contribution in [0.15, 0.2) is 6.07 Å². The minimum atomic E-state index is -0.0909. The van der Waals surface area contributed by atoms with Crippen LogP contribution in [0.2, 0.25) is 0 Å². The van der Waals surface area contributed by atoms with E-state index in [4.69, 9.17) is 4.74 Å². The number of nitrogens with zero attached hydrogens (tertiary/aromatic N) is 2. The number of ether oxygens (including phenoxy) is 1. The van der Waals surface area contributed by atoms with E-state index in [0.717, 1.165) is 31.0 Å². The van der Waals surface area contributed by atoms with E-state index in [-0.39, 0.29) is 12.5 Å². The van der Waals surface area contributed by atoms with Gasteiger partial charge in [0.05, 0.1) is 13.2 Å². The molecule has 0 radical (unpaired) electrons. The lowest BCUT2D eigenvalue weighted by molar-refractivity contribution is -0.119. The molecule has 0 aliphatic carbocycles. The maximum atomic E-state index is 11.6. The van der Waals surface area contributed by atoms with Crippen LogP contribution in [0, 0.1) is 0 Å². The predicted octanol–water partition coefficient (Wildman–Crippen LogP) is 1.04. The Labute approximate surface area is 125 Å². The summed E-state index contributed by atoms with van der Waals surface area (Å²) in [6, 6.07) is 1.82. The van der Waals surface area contributed by atoms with Gasteiger partial charge in [0.15, 0.2) is 0 Å². The molecule has 7 heteroatoms. The molecular weight excluding hydrogens is 270 g/mol.